The molecule has 2 heterocycles. The van der Waals surface area contributed by atoms with Crippen LogP contribution in [0.15, 0.2) is 28.7 Å². The zero-order chi connectivity index (χ0) is 12.9. The fraction of sp³-hybridized carbons (Fsp3) is 0.154. The summed E-state index contributed by atoms with van der Waals surface area (Å²) in [4.78, 5) is 5.85. The van der Waals surface area contributed by atoms with Gasteiger partial charge >= 0.3 is 0 Å². The molecule has 0 aliphatic heterocycles. The first-order valence-corrected chi connectivity index (χ1v) is 7.15. The second-order valence-corrected chi connectivity index (χ2v) is 6.29. The molecule has 0 saturated carbocycles. The molecule has 0 atom stereocenters. The summed E-state index contributed by atoms with van der Waals surface area (Å²) in [6.07, 6.45) is 0. The highest BCUT2D eigenvalue weighted by Gasteiger charge is 2.14. The number of hydrogen-bond donors (Lipinski definition) is 1. The maximum Gasteiger partial charge on any atom is 0.151 e. The predicted octanol–water partition coefficient (Wildman–Crippen LogP) is 3.95. The lowest BCUT2D eigenvalue weighted by Gasteiger charge is -2.00. The number of hydrogen-bond acceptors (Lipinski definition) is 3. The van der Waals surface area contributed by atoms with Gasteiger partial charge in [0.15, 0.2) is 5.82 Å². The maximum atomic E-state index is 5.86. The third-order valence-corrected chi connectivity index (χ3v) is 4.54. The number of thiophene rings is 1. The Morgan fingerprint density at radius 1 is 1.33 bits per heavy atom. The smallest absolute Gasteiger partial charge is 0.151 e. The van der Waals surface area contributed by atoms with E-state index in [1.54, 1.807) is 11.3 Å². The molecule has 0 saturated heterocycles. The van der Waals surface area contributed by atoms with E-state index in [1.807, 2.05) is 25.2 Å². The van der Waals surface area contributed by atoms with Gasteiger partial charge in [0.05, 0.1) is 20.9 Å². The first-order chi connectivity index (χ1) is 8.56. The predicted molar refractivity (Wildman–Crippen MR) is 80.9 cm³/mol. The minimum absolute atomic E-state index is 0.829. The van der Waals surface area contributed by atoms with Gasteiger partial charge in [0.25, 0.3) is 0 Å². The van der Waals surface area contributed by atoms with Crippen molar-refractivity contribution in [2.75, 3.05) is 5.73 Å². The van der Waals surface area contributed by atoms with Gasteiger partial charge in [0.2, 0.25) is 0 Å². The van der Waals surface area contributed by atoms with Gasteiger partial charge in [0.1, 0.15) is 0 Å². The van der Waals surface area contributed by atoms with Crippen molar-refractivity contribution in [1.82, 2.24) is 9.55 Å². The number of rotatable bonds is 1. The van der Waals surface area contributed by atoms with Gasteiger partial charge in [-0.25, -0.2) is 4.98 Å². The second kappa shape index (κ2) is 4.10. The summed E-state index contributed by atoms with van der Waals surface area (Å²) < 4.78 is 3.15. The summed E-state index contributed by atoms with van der Waals surface area (Å²) in [5.41, 5.74) is 9.15. The molecule has 3 rings (SSSR count). The molecule has 3 nitrogen and oxygen atoms in total. The zero-order valence-corrected chi connectivity index (χ0v) is 12.5. The van der Waals surface area contributed by atoms with Crippen molar-refractivity contribution in [3.63, 3.8) is 0 Å². The molecule has 0 unspecified atom stereocenters. The highest BCUT2D eigenvalue weighted by molar-refractivity contribution is 9.10. The van der Waals surface area contributed by atoms with E-state index < -0.39 is 0 Å². The van der Waals surface area contributed by atoms with Crippen molar-refractivity contribution < 1.29 is 0 Å². The lowest BCUT2D eigenvalue weighted by molar-refractivity contribution is 0.961. The van der Waals surface area contributed by atoms with E-state index >= 15 is 0 Å². The van der Waals surface area contributed by atoms with E-state index in [0.717, 1.165) is 31.2 Å². The standard InChI is InChI=1S/C13H12BrN3S/c1-7-5-11(15)18-12(7)13-16-9-6-8(14)3-4-10(9)17(13)2/h3-6H,15H2,1-2H3. The van der Waals surface area contributed by atoms with Crippen LogP contribution in [0.2, 0.25) is 0 Å². The number of nitrogens with zero attached hydrogens (tertiary/aromatic N) is 2. The van der Waals surface area contributed by atoms with Crippen LogP contribution in [0.1, 0.15) is 5.56 Å². The number of imidazole rings is 1. The van der Waals surface area contributed by atoms with Crippen molar-refractivity contribution in [3.8, 4) is 10.7 Å². The summed E-state index contributed by atoms with van der Waals surface area (Å²) >= 11 is 5.06. The number of aryl methyl sites for hydroxylation is 2. The van der Waals surface area contributed by atoms with E-state index in [0.29, 0.717) is 0 Å². The summed E-state index contributed by atoms with van der Waals surface area (Å²) in [5.74, 6) is 0.974. The molecule has 2 N–H and O–H groups in total. The van der Waals surface area contributed by atoms with Crippen molar-refractivity contribution in [1.29, 1.82) is 0 Å². The molecule has 5 heteroatoms. The van der Waals surface area contributed by atoms with Crippen LogP contribution >= 0.6 is 27.3 Å². The maximum absolute atomic E-state index is 5.86. The molecule has 0 fully saturated rings. The van der Waals surface area contributed by atoms with E-state index in [1.165, 1.54) is 5.56 Å². The van der Waals surface area contributed by atoms with Crippen LogP contribution in [0.4, 0.5) is 5.00 Å². The molecule has 92 valence electrons. The first-order valence-electron chi connectivity index (χ1n) is 5.54. The minimum atomic E-state index is 0.829. The number of nitrogens with two attached hydrogens (primary N) is 1. The third kappa shape index (κ3) is 1.74. The fourth-order valence-electron chi connectivity index (χ4n) is 2.10. The lowest BCUT2D eigenvalue weighted by Crippen LogP contribution is -1.91. The number of halogens is 1. The SMILES string of the molecule is Cc1cc(N)sc1-c1nc2cc(Br)ccc2n1C. The van der Waals surface area contributed by atoms with E-state index in [4.69, 9.17) is 10.7 Å². The Labute approximate surface area is 117 Å². The minimum Gasteiger partial charge on any atom is -0.391 e. The quantitative estimate of drug-likeness (QED) is 0.737. The molecular formula is C13H12BrN3S. The molecule has 3 aromatic rings. The van der Waals surface area contributed by atoms with Gasteiger partial charge in [-0.1, -0.05) is 15.9 Å². The van der Waals surface area contributed by atoms with Gasteiger partial charge in [-0.3, -0.25) is 0 Å². The largest absolute Gasteiger partial charge is 0.391 e. The van der Waals surface area contributed by atoms with Crippen molar-refractivity contribution in [2.24, 2.45) is 7.05 Å². The summed E-state index contributed by atoms with van der Waals surface area (Å²) in [6.45, 7) is 2.07. The van der Waals surface area contributed by atoms with Crippen molar-refractivity contribution in [2.45, 2.75) is 6.92 Å². The highest BCUT2D eigenvalue weighted by Crippen LogP contribution is 2.34. The van der Waals surface area contributed by atoms with E-state index in [2.05, 4.69) is 33.5 Å². The van der Waals surface area contributed by atoms with Crippen molar-refractivity contribution >= 4 is 43.3 Å². The number of anilines is 1. The Morgan fingerprint density at radius 3 is 2.78 bits per heavy atom. The number of fused-ring (bicyclic) bond motifs is 1. The first kappa shape index (κ1) is 11.7. The van der Waals surface area contributed by atoms with Gasteiger partial charge < -0.3 is 10.3 Å². The summed E-state index contributed by atoms with van der Waals surface area (Å²) in [6, 6.07) is 8.13. The van der Waals surface area contributed by atoms with E-state index in [-0.39, 0.29) is 0 Å². The number of aromatic nitrogens is 2. The Bertz CT molecular complexity index is 742. The van der Waals surface area contributed by atoms with Crippen LogP contribution in [-0.2, 0) is 7.05 Å². The van der Waals surface area contributed by atoms with E-state index in [9.17, 15) is 0 Å². The lowest BCUT2D eigenvalue weighted by atomic mass is 10.3. The Balaban J connectivity index is 2.30. The Kier molecular flexibility index (Phi) is 2.68. The fourth-order valence-corrected chi connectivity index (χ4v) is 3.42. The average molecular weight is 322 g/mol. The molecule has 2 aromatic heterocycles. The highest BCUT2D eigenvalue weighted by atomic mass is 79.9. The molecule has 0 bridgehead atoms. The number of nitrogen functional groups attached to an aromatic ring is 1. The normalized spacial score (nSPS) is 11.3. The molecule has 0 aliphatic carbocycles. The topological polar surface area (TPSA) is 43.8 Å². The Hall–Kier alpha value is -1.33. The van der Waals surface area contributed by atoms with Crippen LogP contribution in [0.3, 0.4) is 0 Å². The van der Waals surface area contributed by atoms with Crippen molar-refractivity contribution in [3.05, 3.63) is 34.3 Å². The average Bonchev–Trinajstić information content (AvgIpc) is 2.79. The van der Waals surface area contributed by atoms with Gasteiger partial charge in [0, 0.05) is 11.5 Å². The molecule has 0 spiro atoms. The summed E-state index contributed by atoms with van der Waals surface area (Å²) in [5, 5.41) is 0.829. The Morgan fingerprint density at radius 2 is 2.11 bits per heavy atom. The molecule has 1 aromatic carbocycles. The molecule has 18 heavy (non-hydrogen) atoms. The van der Waals surface area contributed by atoms with Crippen LogP contribution in [-0.4, -0.2) is 9.55 Å². The van der Waals surface area contributed by atoms with Crippen LogP contribution in [0.5, 0.6) is 0 Å². The molecule has 0 radical (unpaired) electrons. The zero-order valence-electron chi connectivity index (χ0n) is 10.1. The number of benzene rings is 1. The van der Waals surface area contributed by atoms with Gasteiger partial charge in [-0.15, -0.1) is 11.3 Å². The molecular weight excluding hydrogens is 310 g/mol. The van der Waals surface area contributed by atoms with Gasteiger partial charge in [-0.2, -0.15) is 0 Å². The second-order valence-electron chi connectivity index (χ2n) is 4.29. The monoisotopic (exact) mass is 321 g/mol. The van der Waals surface area contributed by atoms with Crippen LogP contribution in [0, 0.1) is 6.92 Å². The third-order valence-electron chi connectivity index (χ3n) is 2.98. The van der Waals surface area contributed by atoms with Gasteiger partial charge in [-0.05, 0) is 36.8 Å². The van der Waals surface area contributed by atoms with Crippen LogP contribution < -0.4 is 5.73 Å². The van der Waals surface area contributed by atoms with Crippen LogP contribution in [0.25, 0.3) is 21.7 Å². The molecule has 0 aliphatic rings. The summed E-state index contributed by atoms with van der Waals surface area (Å²) in [7, 11) is 2.04. The molecule has 0 amide bonds.